The minimum Gasteiger partial charge on any atom is -0.339 e. The smallest absolute Gasteiger partial charge is 0.245 e. The van der Waals surface area contributed by atoms with E-state index in [2.05, 4.69) is 31.2 Å². The number of thioether (sulfide) groups is 1. The fourth-order valence-electron chi connectivity index (χ4n) is 3.47. The van der Waals surface area contributed by atoms with E-state index in [0.717, 1.165) is 50.4 Å². The molecule has 0 spiro atoms. The molecule has 2 saturated heterocycles. The number of hydrogen-bond acceptors (Lipinski definition) is 3. The molecule has 5 heteroatoms. The molecule has 0 N–H and O–H groups in total. The van der Waals surface area contributed by atoms with Gasteiger partial charge in [-0.2, -0.15) is 11.8 Å². The Morgan fingerprint density at radius 2 is 1.83 bits per heavy atom. The summed E-state index contributed by atoms with van der Waals surface area (Å²) in [6, 6.07) is 8.10. The van der Waals surface area contributed by atoms with Crippen molar-refractivity contribution in [1.29, 1.82) is 0 Å². The molecule has 2 aliphatic rings. The summed E-state index contributed by atoms with van der Waals surface area (Å²) in [7, 11) is 0. The summed E-state index contributed by atoms with van der Waals surface area (Å²) in [6.07, 6.45) is 2.99. The fraction of sp³-hybridized carbons (Fsp3) is 0.579. The van der Waals surface area contributed by atoms with E-state index in [1.54, 1.807) is 0 Å². The second-order valence-electron chi connectivity index (χ2n) is 6.67. The standard InChI is InChI=1S/C19H26N2O2S/c1-15-4-6-16(7-5-15)8-9-18(22)21-10-2-3-17(21)19(23)20-11-13-24-14-12-20/h4-7,17H,2-3,8-14H2,1H3/t17-/m1/s1. The van der Waals surface area contributed by atoms with Crippen LogP contribution in [0.25, 0.3) is 0 Å². The van der Waals surface area contributed by atoms with Gasteiger partial charge in [-0.3, -0.25) is 9.59 Å². The van der Waals surface area contributed by atoms with E-state index in [4.69, 9.17) is 0 Å². The number of benzene rings is 1. The third kappa shape index (κ3) is 4.12. The van der Waals surface area contributed by atoms with E-state index in [0.29, 0.717) is 6.42 Å². The van der Waals surface area contributed by atoms with Crippen LogP contribution in [0.1, 0.15) is 30.4 Å². The second kappa shape index (κ2) is 8.06. The lowest BCUT2D eigenvalue weighted by Gasteiger charge is -2.32. The SMILES string of the molecule is Cc1ccc(CCC(=O)N2CCC[C@@H]2C(=O)N2CCSCC2)cc1. The maximum atomic E-state index is 12.7. The van der Waals surface area contributed by atoms with Gasteiger partial charge in [-0.25, -0.2) is 0 Å². The minimum atomic E-state index is -0.224. The van der Waals surface area contributed by atoms with Crippen molar-refractivity contribution < 1.29 is 9.59 Å². The Morgan fingerprint density at radius 3 is 2.54 bits per heavy atom. The summed E-state index contributed by atoms with van der Waals surface area (Å²) in [5, 5.41) is 0. The van der Waals surface area contributed by atoms with Gasteiger partial charge in [0.15, 0.2) is 0 Å². The number of nitrogens with zero attached hydrogens (tertiary/aromatic N) is 2. The molecule has 2 aliphatic heterocycles. The van der Waals surface area contributed by atoms with Gasteiger partial charge >= 0.3 is 0 Å². The lowest BCUT2D eigenvalue weighted by Crippen LogP contribution is -2.50. The predicted molar refractivity (Wildman–Crippen MR) is 98.1 cm³/mol. The largest absolute Gasteiger partial charge is 0.339 e. The summed E-state index contributed by atoms with van der Waals surface area (Å²) >= 11 is 1.90. The minimum absolute atomic E-state index is 0.123. The highest BCUT2D eigenvalue weighted by Gasteiger charge is 2.36. The van der Waals surface area contributed by atoms with E-state index in [1.807, 2.05) is 21.6 Å². The fourth-order valence-corrected chi connectivity index (χ4v) is 4.37. The van der Waals surface area contributed by atoms with Crippen LogP contribution in [0.15, 0.2) is 24.3 Å². The highest BCUT2D eigenvalue weighted by molar-refractivity contribution is 7.99. The quantitative estimate of drug-likeness (QED) is 0.841. The van der Waals surface area contributed by atoms with Crippen LogP contribution in [0.3, 0.4) is 0 Å². The van der Waals surface area contributed by atoms with Crippen molar-refractivity contribution in [3.05, 3.63) is 35.4 Å². The third-order valence-corrected chi connectivity index (χ3v) is 5.87. The number of carbonyl (C=O) groups excluding carboxylic acids is 2. The zero-order valence-electron chi connectivity index (χ0n) is 14.4. The van der Waals surface area contributed by atoms with Crippen molar-refractivity contribution in [2.45, 2.75) is 38.6 Å². The number of amides is 2. The van der Waals surface area contributed by atoms with Gasteiger partial charge in [-0.05, 0) is 31.7 Å². The molecule has 2 fully saturated rings. The van der Waals surface area contributed by atoms with Crippen molar-refractivity contribution in [3.8, 4) is 0 Å². The van der Waals surface area contributed by atoms with Crippen molar-refractivity contribution in [2.75, 3.05) is 31.1 Å². The third-order valence-electron chi connectivity index (χ3n) is 4.93. The van der Waals surface area contributed by atoms with Gasteiger partial charge in [0.25, 0.3) is 0 Å². The second-order valence-corrected chi connectivity index (χ2v) is 7.89. The molecular formula is C19H26N2O2S. The maximum absolute atomic E-state index is 12.7. The van der Waals surface area contributed by atoms with Crippen LogP contribution in [0, 0.1) is 6.92 Å². The Bertz CT molecular complexity index is 582. The van der Waals surface area contributed by atoms with Crippen LogP contribution in [-0.2, 0) is 16.0 Å². The van der Waals surface area contributed by atoms with Crippen LogP contribution in [0.4, 0.5) is 0 Å². The normalized spacial score (nSPS) is 21.1. The monoisotopic (exact) mass is 346 g/mol. The van der Waals surface area contributed by atoms with Crippen LogP contribution >= 0.6 is 11.8 Å². The van der Waals surface area contributed by atoms with E-state index in [9.17, 15) is 9.59 Å². The van der Waals surface area contributed by atoms with Crippen molar-refractivity contribution in [2.24, 2.45) is 0 Å². The first-order valence-electron chi connectivity index (χ1n) is 8.87. The molecule has 2 amide bonds. The van der Waals surface area contributed by atoms with Crippen LogP contribution in [0.5, 0.6) is 0 Å². The number of rotatable bonds is 4. The van der Waals surface area contributed by atoms with Crippen molar-refractivity contribution in [1.82, 2.24) is 9.80 Å². The Hall–Kier alpha value is -1.49. The molecule has 3 rings (SSSR count). The molecule has 0 aromatic heterocycles. The molecule has 0 bridgehead atoms. The number of carbonyl (C=O) groups is 2. The summed E-state index contributed by atoms with van der Waals surface area (Å²) in [6.45, 7) is 4.44. The summed E-state index contributed by atoms with van der Waals surface area (Å²) < 4.78 is 0. The Labute approximate surface area is 148 Å². The van der Waals surface area contributed by atoms with Gasteiger partial charge in [-0.1, -0.05) is 29.8 Å². The van der Waals surface area contributed by atoms with Gasteiger partial charge < -0.3 is 9.80 Å². The Balaban J connectivity index is 1.56. The summed E-state index contributed by atoms with van der Waals surface area (Å²) in [5.41, 5.74) is 2.42. The number of hydrogen-bond donors (Lipinski definition) is 0. The van der Waals surface area contributed by atoms with Gasteiger partial charge in [-0.15, -0.1) is 0 Å². The molecule has 0 aliphatic carbocycles. The average molecular weight is 346 g/mol. The summed E-state index contributed by atoms with van der Waals surface area (Å²) in [5.74, 6) is 2.31. The van der Waals surface area contributed by atoms with Gasteiger partial charge in [0.1, 0.15) is 6.04 Å². The molecule has 1 aromatic carbocycles. The average Bonchev–Trinajstić information content (AvgIpc) is 3.11. The van der Waals surface area contributed by atoms with E-state index in [1.165, 1.54) is 11.1 Å². The topological polar surface area (TPSA) is 40.6 Å². The van der Waals surface area contributed by atoms with E-state index < -0.39 is 0 Å². The van der Waals surface area contributed by atoms with Gasteiger partial charge in [0.05, 0.1) is 0 Å². The van der Waals surface area contributed by atoms with Crippen LogP contribution in [0.2, 0.25) is 0 Å². The number of aryl methyl sites for hydroxylation is 2. The molecule has 24 heavy (non-hydrogen) atoms. The first kappa shape index (κ1) is 17.3. The molecule has 2 heterocycles. The lowest BCUT2D eigenvalue weighted by atomic mass is 10.1. The molecule has 0 radical (unpaired) electrons. The molecule has 4 nitrogen and oxygen atoms in total. The van der Waals surface area contributed by atoms with Gasteiger partial charge in [0.2, 0.25) is 11.8 Å². The van der Waals surface area contributed by atoms with Crippen molar-refractivity contribution >= 4 is 23.6 Å². The van der Waals surface area contributed by atoms with Crippen LogP contribution < -0.4 is 0 Å². The highest BCUT2D eigenvalue weighted by Crippen LogP contribution is 2.22. The Kier molecular flexibility index (Phi) is 5.82. The molecule has 0 unspecified atom stereocenters. The van der Waals surface area contributed by atoms with E-state index in [-0.39, 0.29) is 17.9 Å². The van der Waals surface area contributed by atoms with Crippen molar-refractivity contribution in [3.63, 3.8) is 0 Å². The van der Waals surface area contributed by atoms with Crippen LogP contribution in [-0.4, -0.2) is 58.8 Å². The molecule has 0 saturated carbocycles. The van der Waals surface area contributed by atoms with E-state index >= 15 is 0 Å². The molecule has 1 aromatic rings. The number of likely N-dealkylation sites (tertiary alicyclic amines) is 1. The molecule has 130 valence electrons. The summed E-state index contributed by atoms with van der Waals surface area (Å²) in [4.78, 5) is 29.2. The zero-order valence-corrected chi connectivity index (χ0v) is 15.2. The first-order chi connectivity index (χ1) is 11.6. The Morgan fingerprint density at radius 1 is 1.12 bits per heavy atom. The zero-order chi connectivity index (χ0) is 16.9. The lowest BCUT2D eigenvalue weighted by molar-refractivity contribution is -0.143. The predicted octanol–water partition coefficient (Wildman–Crippen LogP) is 2.49. The van der Waals surface area contributed by atoms with Gasteiger partial charge in [0, 0.05) is 37.6 Å². The first-order valence-corrected chi connectivity index (χ1v) is 10.0. The molecular weight excluding hydrogens is 320 g/mol. The molecule has 1 atom stereocenters. The highest BCUT2D eigenvalue weighted by atomic mass is 32.2. The maximum Gasteiger partial charge on any atom is 0.245 e.